The van der Waals surface area contributed by atoms with Gasteiger partial charge in [-0.3, -0.25) is 4.79 Å². The van der Waals surface area contributed by atoms with Crippen molar-refractivity contribution in [3.05, 3.63) is 106 Å². The Morgan fingerprint density at radius 2 is 0.955 bits per heavy atom. The lowest BCUT2D eigenvalue weighted by Gasteiger charge is -2.33. The van der Waals surface area contributed by atoms with Gasteiger partial charge in [-0.25, -0.2) is 0 Å². The molecule has 6 rings (SSSR count). The smallest absolute Gasteiger partial charge is 0.150 e. The number of hydrogen-bond acceptors (Lipinski definition) is 1. The van der Waals surface area contributed by atoms with Gasteiger partial charge in [0.15, 0.2) is 0 Å². The van der Waals surface area contributed by atoms with Crippen LogP contribution >= 0.6 is 0 Å². The van der Waals surface area contributed by atoms with Crippen LogP contribution < -0.4 is 0 Å². The molecule has 0 heterocycles. The molecule has 0 saturated heterocycles. The monoisotopic (exact) mass is 582 g/mol. The summed E-state index contributed by atoms with van der Waals surface area (Å²) in [6, 6.07) is 26.0. The summed E-state index contributed by atoms with van der Waals surface area (Å²) in [4.78, 5) is 11.8. The van der Waals surface area contributed by atoms with Gasteiger partial charge in [-0.15, -0.1) is 0 Å². The fourth-order valence-corrected chi connectivity index (χ4v) is 8.43. The van der Waals surface area contributed by atoms with Crippen LogP contribution in [0.4, 0.5) is 0 Å². The van der Waals surface area contributed by atoms with Crippen LogP contribution in [-0.4, -0.2) is 6.29 Å². The molecule has 1 nitrogen and oxygen atoms in total. The molecule has 0 bridgehead atoms. The molecule has 0 fully saturated rings. The molecule has 0 radical (unpaired) electrons. The van der Waals surface area contributed by atoms with E-state index < -0.39 is 0 Å². The maximum atomic E-state index is 11.8. The average Bonchev–Trinajstić information content (AvgIpc) is 3.44. The lowest BCUT2D eigenvalue weighted by atomic mass is 9.70. The van der Waals surface area contributed by atoms with E-state index in [1.165, 1.54) is 66.8 Å². The Labute approximate surface area is 266 Å². The molecule has 0 amide bonds. The number of carbonyl (C=O) groups is 1. The first kappa shape index (κ1) is 30.6. The van der Waals surface area contributed by atoms with E-state index in [-0.39, 0.29) is 21.7 Å². The highest BCUT2D eigenvalue weighted by molar-refractivity contribution is 5.92. The lowest BCUT2D eigenvalue weighted by molar-refractivity contribution is 0.112. The number of rotatable bonds is 6. The molecule has 0 spiro atoms. The number of hydrogen-bond donors (Lipinski definition) is 0. The average molecular weight is 583 g/mol. The molecule has 0 saturated carbocycles. The summed E-state index contributed by atoms with van der Waals surface area (Å²) in [6.07, 6.45) is 5.16. The topological polar surface area (TPSA) is 17.1 Å². The van der Waals surface area contributed by atoms with E-state index in [1.54, 1.807) is 0 Å². The molecule has 4 aromatic carbocycles. The zero-order valence-electron chi connectivity index (χ0n) is 28.7. The molecule has 0 atom stereocenters. The van der Waals surface area contributed by atoms with Crippen LogP contribution in [0.3, 0.4) is 0 Å². The zero-order valence-corrected chi connectivity index (χ0v) is 28.7. The van der Waals surface area contributed by atoms with Crippen molar-refractivity contribution in [3.63, 3.8) is 0 Å². The summed E-state index contributed by atoms with van der Waals surface area (Å²) in [5.41, 5.74) is 17.4. The van der Waals surface area contributed by atoms with Crippen molar-refractivity contribution in [1.29, 1.82) is 0 Å². The molecule has 228 valence electrons. The Kier molecular flexibility index (Phi) is 7.15. The molecule has 1 heteroatoms. The van der Waals surface area contributed by atoms with Gasteiger partial charge in [0, 0.05) is 16.4 Å². The Morgan fingerprint density at radius 3 is 1.41 bits per heavy atom. The predicted octanol–water partition coefficient (Wildman–Crippen LogP) is 11.9. The van der Waals surface area contributed by atoms with Crippen LogP contribution in [0, 0.1) is 0 Å². The molecule has 44 heavy (non-hydrogen) atoms. The fourth-order valence-electron chi connectivity index (χ4n) is 8.43. The quantitative estimate of drug-likeness (QED) is 0.207. The third-order valence-corrected chi connectivity index (χ3v) is 11.4. The van der Waals surface area contributed by atoms with E-state index in [2.05, 4.69) is 130 Å². The third-order valence-electron chi connectivity index (χ3n) is 11.4. The summed E-state index contributed by atoms with van der Waals surface area (Å²) in [6.45, 7) is 23.3. The minimum Gasteiger partial charge on any atom is -0.298 e. The first-order valence-electron chi connectivity index (χ1n) is 16.9. The number of carbonyl (C=O) groups excluding carboxylic acids is 1. The molecule has 0 N–H and O–H groups in total. The molecular weight excluding hydrogens is 532 g/mol. The second kappa shape index (κ2) is 10.3. The van der Waals surface area contributed by atoms with Crippen molar-refractivity contribution < 1.29 is 4.79 Å². The Morgan fingerprint density at radius 1 is 0.500 bits per heavy atom. The standard InChI is InChI=1S/C43H50O/c1-11-42(12-2)36-19-27(26-44)15-17-32(36)34-24-35-33-18-16-28(22-37(33)43(13-3,14-4)39(35)25-38(34)42)29-20-30(40(5,6)7)23-31(21-29)41(8,9)10/h15-26H,11-14H2,1-10H3. The first-order valence-corrected chi connectivity index (χ1v) is 16.9. The third kappa shape index (κ3) is 4.29. The summed E-state index contributed by atoms with van der Waals surface area (Å²) in [7, 11) is 0. The number of aldehydes is 1. The van der Waals surface area contributed by atoms with Gasteiger partial charge in [0.2, 0.25) is 0 Å². The SMILES string of the molecule is CCC1(CC)c2cc(C=O)ccc2-c2cc3c(cc21)C(CC)(CC)c1cc(-c2cc(C(C)(C)C)cc(C(C)(C)C)c2)ccc1-3. The van der Waals surface area contributed by atoms with Crippen molar-refractivity contribution in [1.82, 2.24) is 0 Å². The highest BCUT2D eigenvalue weighted by Gasteiger charge is 2.46. The van der Waals surface area contributed by atoms with E-state index in [4.69, 9.17) is 0 Å². The second-order valence-corrected chi connectivity index (χ2v) is 15.5. The van der Waals surface area contributed by atoms with Gasteiger partial charge >= 0.3 is 0 Å². The molecule has 0 aromatic heterocycles. The van der Waals surface area contributed by atoms with E-state index in [0.717, 1.165) is 37.5 Å². The van der Waals surface area contributed by atoms with Crippen LogP contribution in [0.15, 0.2) is 66.7 Å². The van der Waals surface area contributed by atoms with Crippen molar-refractivity contribution in [2.45, 2.75) is 117 Å². The largest absolute Gasteiger partial charge is 0.298 e. The van der Waals surface area contributed by atoms with E-state index >= 15 is 0 Å². The van der Waals surface area contributed by atoms with Gasteiger partial charge in [-0.2, -0.15) is 0 Å². The van der Waals surface area contributed by atoms with Crippen molar-refractivity contribution in [2.75, 3.05) is 0 Å². The summed E-state index contributed by atoms with van der Waals surface area (Å²) in [5, 5.41) is 0. The Balaban J connectivity index is 1.59. The van der Waals surface area contributed by atoms with Crippen molar-refractivity contribution in [3.8, 4) is 33.4 Å². The van der Waals surface area contributed by atoms with Crippen molar-refractivity contribution in [2.24, 2.45) is 0 Å². The molecule has 2 aliphatic rings. The molecule has 0 unspecified atom stereocenters. The van der Waals surface area contributed by atoms with Gasteiger partial charge in [0.05, 0.1) is 0 Å². The zero-order chi connectivity index (χ0) is 31.8. The molecule has 0 aliphatic heterocycles. The van der Waals surface area contributed by atoms with E-state index in [1.807, 2.05) is 6.07 Å². The highest BCUT2D eigenvalue weighted by atomic mass is 16.1. The minimum absolute atomic E-state index is 0.0276. The van der Waals surface area contributed by atoms with Gasteiger partial charge in [0.25, 0.3) is 0 Å². The lowest BCUT2D eigenvalue weighted by Crippen LogP contribution is -2.26. The Hall–Kier alpha value is -3.45. The summed E-state index contributed by atoms with van der Waals surface area (Å²) >= 11 is 0. The normalized spacial score (nSPS) is 15.9. The minimum atomic E-state index is -0.0668. The van der Waals surface area contributed by atoms with Gasteiger partial charge in [-0.1, -0.05) is 118 Å². The molecule has 2 aliphatic carbocycles. The van der Waals surface area contributed by atoms with Crippen LogP contribution in [-0.2, 0) is 21.7 Å². The highest BCUT2D eigenvalue weighted by Crippen LogP contribution is 2.60. The van der Waals surface area contributed by atoms with Crippen LogP contribution in [0.25, 0.3) is 33.4 Å². The van der Waals surface area contributed by atoms with E-state index in [9.17, 15) is 4.79 Å². The van der Waals surface area contributed by atoms with Gasteiger partial charge in [-0.05, 0) is 121 Å². The van der Waals surface area contributed by atoms with Gasteiger partial charge in [0.1, 0.15) is 6.29 Å². The van der Waals surface area contributed by atoms with E-state index in [0.29, 0.717) is 0 Å². The van der Waals surface area contributed by atoms with Crippen molar-refractivity contribution >= 4 is 6.29 Å². The number of fused-ring (bicyclic) bond motifs is 6. The Bertz CT molecular complexity index is 1750. The van der Waals surface area contributed by atoms with Crippen LogP contribution in [0.5, 0.6) is 0 Å². The van der Waals surface area contributed by atoms with Crippen LogP contribution in [0.2, 0.25) is 0 Å². The summed E-state index contributed by atoms with van der Waals surface area (Å²) in [5.74, 6) is 0. The van der Waals surface area contributed by atoms with Gasteiger partial charge < -0.3 is 0 Å². The first-order chi connectivity index (χ1) is 20.8. The van der Waals surface area contributed by atoms with Crippen LogP contribution in [0.1, 0.15) is 139 Å². The predicted molar refractivity (Wildman–Crippen MR) is 188 cm³/mol. The second-order valence-electron chi connectivity index (χ2n) is 15.5. The summed E-state index contributed by atoms with van der Waals surface area (Å²) < 4.78 is 0. The fraction of sp³-hybridized carbons (Fsp3) is 0.419. The molecular formula is C43H50O. The molecule has 4 aromatic rings. The number of benzene rings is 4. The maximum absolute atomic E-state index is 11.8. The maximum Gasteiger partial charge on any atom is 0.150 e.